The van der Waals surface area contributed by atoms with Crippen LogP contribution in [0.1, 0.15) is 6.92 Å². The minimum Gasteiger partial charge on any atom is -0.384 e. The molecule has 0 saturated heterocycles. The first-order chi connectivity index (χ1) is 6.72. The van der Waals surface area contributed by atoms with Crippen LogP contribution >= 0.6 is 11.6 Å². The van der Waals surface area contributed by atoms with Crippen LogP contribution in [0.15, 0.2) is 12.4 Å². The Balaban J connectivity index is 2.34. The molecular formula is C9H14ClN3O. The van der Waals surface area contributed by atoms with E-state index in [1.54, 1.807) is 19.5 Å². The Labute approximate surface area is 88.7 Å². The molecule has 1 atom stereocenters. The lowest BCUT2D eigenvalue weighted by atomic mass is 10.2. The van der Waals surface area contributed by atoms with Gasteiger partial charge in [-0.1, -0.05) is 18.5 Å². The monoisotopic (exact) mass is 215 g/mol. The highest BCUT2D eigenvalue weighted by Gasteiger charge is 2.01. The fourth-order valence-electron chi connectivity index (χ4n) is 1.01. The van der Waals surface area contributed by atoms with Crippen LogP contribution in [0.5, 0.6) is 0 Å². The molecule has 1 N–H and O–H groups in total. The highest BCUT2D eigenvalue weighted by Crippen LogP contribution is 2.06. The second-order valence-electron chi connectivity index (χ2n) is 3.17. The third kappa shape index (κ3) is 3.89. The van der Waals surface area contributed by atoms with Crippen LogP contribution in [-0.2, 0) is 4.74 Å². The lowest BCUT2D eigenvalue weighted by Crippen LogP contribution is -2.16. The zero-order chi connectivity index (χ0) is 10.4. The van der Waals surface area contributed by atoms with E-state index >= 15 is 0 Å². The molecule has 4 nitrogen and oxygen atoms in total. The van der Waals surface area contributed by atoms with E-state index in [2.05, 4.69) is 22.2 Å². The van der Waals surface area contributed by atoms with Crippen molar-refractivity contribution in [2.75, 3.05) is 25.6 Å². The molecule has 0 saturated carbocycles. The van der Waals surface area contributed by atoms with Crippen molar-refractivity contribution in [2.24, 2.45) is 5.92 Å². The highest BCUT2D eigenvalue weighted by atomic mass is 35.5. The number of ether oxygens (including phenoxy) is 1. The van der Waals surface area contributed by atoms with Crippen molar-refractivity contribution in [3.05, 3.63) is 17.4 Å². The first-order valence-electron chi connectivity index (χ1n) is 4.42. The molecule has 0 amide bonds. The summed E-state index contributed by atoms with van der Waals surface area (Å²) in [5, 5.41) is 3.64. The van der Waals surface area contributed by atoms with E-state index in [9.17, 15) is 0 Å². The Bertz CT molecular complexity index is 265. The number of anilines is 1. The summed E-state index contributed by atoms with van der Waals surface area (Å²) in [5.74, 6) is 1.02. The van der Waals surface area contributed by atoms with E-state index in [4.69, 9.17) is 16.3 Å². The third-order valence-electron chi connectivity index (χ3n) is 1.68. The molecule has 1 aromatic heterocycles. The summed E-state index contributed by atoms with van der Waals surface area (Å²) in [6, 6.07) is 0. The van der Waals surface area contributed by atoms with Gasteiger partial charge in [-0.25, -0.2) is 9.97 Å². The summed E-state index contributed by atoms with van der Waals surface area (Å²) < 4.78 is 5.01. The van der Waals surface area contributed by atoms with Gasteiger partial charge in [0.25, 0.3) is 0 Å². The molecule has 0 bridgehead atoms. The van der Waals surface area contributed by atoms with Crippen LogP contribution in [0.3, 0.4) is 0 Å². The molecule has 0 aliphatic carbocycles. The van der Waals surface area contributed by atoms with Gasteiger partial charge in [-0.3, -0.25) is 0 Å². The van der Waals surface area contributed by atoms with E-state index in [1.807, 2.05) is 0 Å². The van der Waals surface area contributed by atoms with Gasteiger partial charge < -0.3 is 10.1 Å². The van der Waals surface area contributed by atoms with E-state index in [1.165, 1.54) is 0 Å². The fraction of sp³-hybridized carbons (Fsp3) is 0.556. The van der Waals surface area contributed by atoms with Gasteiger partial charge in [0.05, 0.1) is 24.0 Å². The third-order valence-corrected chi connectivity index (χ3v) is 1.88. The molecule has 0 aliphatic heterocycles. The van der Waals surface area contributed by atoms with Gasteiger partial charge >= 0.3 is 0 Å². The average Bonchev–Trinajstić information content (AvgIpc) is 2.17. The van der Waals surface area contributed by atoms with Gasteiger partial charge in [-0.05, 0) is 5.92 Å². The quantitative estimate of drug-likeness (QED) is 0.814. The summed E-state index contributed by atoms with van der Waals surface area (Å²) in [6.45, 7) is 3.60. The van der Waals surface area contributed by atoms with E-state index < -0.39 is 0 Å². The van der Waals surface area contributed by atoms with Crippen molar-refractivity contribution in [1.29, 1.82) is 0 Å². The molecule has 1 aromatic rings. The summed E-state index contributed by atoms with van der Waals surface area (Å²) in [5.41, 5.74) is 0. The largest absolute Gasteiger partial charge is 0.384 e. The van der Waals surface area contributed by atoms with Gasteiger partial charge in [0.1, 0.15) is 0 Å². The minimum atomic E-state index is 0.430. The molecule has 0 fully saturated rings. The fourth-order valence-corrected chi connectivity index (χ4v) is 1.11. The number of methoxy groups -OCH3 is 1. The van der Waals surface area contributed by atoms with Crippen LogP contribution in [0.4, 0.5) is 5.95 Å². The number of hydrogen-bond donors (Lipinski definition) is 1. The maximum atomic E-state index is 5.65. The Morgan fingerprint density at radius 3 is 2.71 bits per heavy atom. The molecule has 1 rings (SSSR count). The second kappa shape index (κ2) is 5.78. The van der Waals surface area contributed by atoms with E-state index in [0.717, 1.165) is 13.2 Å². The number of hydrogen-bond acceptors (Lipinski definition) is 4. The van der Waals surface area contributed by atoms with Crippen LogP contribution in [0.2, 0.25) is 5.02 Å². The Morgan fingerprint density at radius 1 is 1.50 bits per heavy atom. The zero-order valence-corrected chi connectivity index (χ0v) is 9.08. The molecule has 1 unspecified atom stereocenters. The van der Waals surface area contributed by atoms with Gasteiger partial charge in [-0.15, -0.1) is 0 Å². The van der Waals surface area contributed by atoms with Gasteiger partial charge in [0.15, 0.2) is 0 Å². The van der Waals surface area contributed by atoms with E-state index in [-0.39, 0.29) is 0 Å². The molecule has 0 aliphatic rings. The van der Waals surface area contributed by atoms with Crippen molar-refractivity contribution in [1.82, 2.24) is 9.97 Å². The van der Waals surface area contributed by atoms with Gasteiger partial charge in [0, 0.05) is 13.7 Å². The zero-order valence-electron chi connectivity index (χ0n) is 8.33. The molecule has 1 heterocycles. The number of aromatic nitrogens is 2. The first kappa shape index (κ1) is 11.2. The van der Waals surface area contributed by atoms with Crippen molar-refractivity contribution >= 4 is 17.5 Å². The average molecular weight is 216 g/mol. The Morgan fingerprint density at radius 2 is 2.14 bits per heavy atom. The maximum Gasteiger partial charge on any atom is 0.222 e. The minimum absolute atomic E-state index is 0.430. The maximum absolute atomic E-state index is 5.65. The second-order valence-corrected chi connectivity index (χ2v) is 3.60. The summed E-state index contributed by atoms with van der Waals surface area (Å²) in [4.78, 5) is 8.03. The number of rotatable bonds is 5. The first-order valence-corrected chi connectivity index (χ1v) is 4.80. The lowest BCUT2D eigenvalue weighted by molar-refractivity contribution is 0.164. The Hall–Kier alpha value is -0.870. The SMILES string of the molecule is COCC(C)CNc1ncc(Cl)cn1. The summed E-state index contributed by atoms with van der Waals surface area (Å²) >= 11 is 5.65. The van der Waals surface area contributed by atoms with Crippen LogP contribution in [0.25, 0.3) is 0 Å². The van der Waals surface area contributed by atoms with Crippen LogP contribution in [0, 0.1) is 5.92 Å². The molecule has 0 radical (unpaired) electrons. The number of nitrogens with zero attached hydrogens (tertiary/aromatic N) is 2. The van der Waals surface area contributed by atoms with Crippen LogP contribution in [-0.4, -0.2) is 30.2 Å². The van der Waals surface area contributed by atoms with Crippen molar-refractivity contribution < 1.29 is 4.74 Å². The standard InChI is InChI=1S/C9H14ClN3O/c1-7(6-14-2)3-11-9-12-4-8(10)5-13-9/h4-5,7H,3,6H2,1-2H3,(H,11,12,13). The topological polar surface area (TPSA) is 47.0 Å². The predicted octanol–water partition coefficient (Wildman–Crippen LogP) is 1.82. The smallest absolute Gasteiger partial charge is 0.222 e. The molecule has 0 aromatic carbocycles. The normalized spacial score (nSPS) is 12.5. The van der Waals surface area contributed by atoms with Crippen LogP contribution < -0.4 is 5.32 Å². The molecule has 78 valence electrons. The van der Waals surface area contributed by atoms with Gasteiger partial charge in [-0.2, -0.15) is 0 Å². The number of halogens is 1. The summed E-state index contributed by atoms with van der Waals surface area (Å²) in [7, 11) is 1.69. The van der Waals surface area contributed by atoms with E-state index in [0.29, 0.717) is 16.9 Å². The Kier molecular flexibility index (Phi) is 4.62. The lowest BCUT2D eigenvalue weighted by Gasteiger charge is -2.10. The molecular weight excluding hydrogens is 202 g/mol. The van der Waals surface area contributed by atoms with Crippen molar-refractivity contribution in [3.8, 4) is 0 Å². The van der Waals surface area contributed by atoms with Crippen molar-refractivity contribution in [3.63, 3.8) is 0 Å². The van der Waals surface area contributed by atoms with Gasteiger partial charge in [0.2, 0.25) is 5.95 Å². The predicted molar refractivity (Wildman–Crippen MR) is 56.6 cm³/mol. The molecule has 5 heteroatoms. The number of nitrogens with one attached hydrogen (secondary N) is 1. The highest BCUT2D eigenvalue weighted by molar-refractivity contribution is 6.30. The molecule has 0 spiro atoms. The van der Waals surface area contributed by atoms with Crippen molar-refractivity contribution in [2.45, 2.75) is 6.92 Å². The summed E-state index contributed by atoms with van der Waals surface area (Å²) in [6.07, 6.45) is 3.13. The molecule has 14 heavy (non-hydrogen) atoms.